The van der Waals surface area contributed by atoms with Crippen LogP contribution in [-0.4, -0.2) is 10.8 Å². The summed E-state index contributed by atoms with van der Waals surface area (Å²) in [5.74, 6) is -0.143. The lowest BCUT2D eigenvalue weighted by molar-refractivity contribution is 0.615. The molecule has 0 bridgehead atoms. The lowest BCUT2D eigenvalue weighted by Gasteiger charge is -2.20. The molecule has 17 heavy (non-hydrogen) atoms. The molecule has 0 saturated heterocycles. The number of thioether (sulfide) groups is 1. The van der Waals surface area contributed by atoms with Crippen LogP contribution in [0.15, 0.2) is 23.1 Å². The Kier molecular flexibility index (Phi) is 3.79. The Balaban J connectivity index is 2.11. The van der Waals surface area contributed by atoms with Gasteiger partial charge in [-0.2, -0.15) is 0 Å². The van der Waals surface area contributed by atoms with Gasteiger partial charge in [0.1, 0.15) is 5.82 Å². The van der Waals surface area contributed by atoms with Crippen LogP contribution in [-0.2, 0) is 6.54 Å². The van der Waals surface area contributed by atoms with Gasteiger partial charge in [0.2, 0.25) is 0 Å². The molecular weight excluding hydrogens is 233 g/mol. The lowest BCUT2D eigenvalue weighted by atomic mass is 10.2. The van der Waals surface area contributed by atoms with E-state index >= 15 is 0 Å². The summed E-state index contributed by atoms with van der Waals surface area (Å²) in [7, 11) is 0. The van der Waals surface area contributed by atoms with E-state index < -0.39 is 0 Å². The number of halogens is 1. The Labute approximate surface area is 107 Å². The molecule has 1 aromatic rings. The second kappa shape index (κ2) is 4.99. The zero-order chi connectivity index (χ0) is 12.5. The average molecular weight is 253 g/mol. The SMILES string of the molecule is CC(C)(C)Sc1ccc(F)cc1CNC1CC1. The molecule has 1 aromatic carbocycles. The van der Waals surface area contributed by atoms with Gasteiger partial charge in [-0.1, -0.05) is 20.8 Å². The van der Waals surface area contributed by atoms with Crippen LogP contribution >= 0.6 is 11.8 Å². The molecule has 0 aromatic heterocycles. The highest BCUT2D eigenvalue weighted by molar-refractivity contribution is 8.00. The molecule has 0 unspecified atom stereocenters. The van der Waals surface area contributed by atoms with Gasteiger partial charge in [0.05, 0.1) is 0 Å². The van der Waals surface area contributed by atoms with Crippen molar-refractivity contribution in [2.75, 3.05) is 0 Å². The molecule has 0 spiro atoms. The fourth-order valence-corrected chi connectivity index (χ4v) is 2.72. The monoisotopic (exact) mass is 253 g/mol. The molecule has 94 valence electrons. The molecule has 1 aliphatic rings. The maximum Gasteiger partial charge on any atom is 0.123 e. The van der Waals surface area contributed by atoms with Crippen molar-refractivity contribution >= 4 is 11.8 Å². The Morgan fingerprint density at radius 1 is 1.35 bits per heavy atom. The minimum absolute atomic E-state index is 0.143. The quantitative estimate of drug-likeness (QED) is 0.815. The topological polar surface area (TPSA) is 12.0 Å². The van der Waals surface area contributed by atoms with E-state index in [1.165, 1.54) is 17.7 Å². The Bertz CT molecular complexity index is 394. The molecular formula is C14H20FNS. The smallest absolute Gasteiger partial charge is 0.123 e. The van der Waals surface area contributed by atoms with Crippen molar-refractivity contribution in [3.8, 4) is 0 Å². The van der Waals surface area contributed by atoms with Crippen molar-refractivity contribution in [1.29, 1.82) is 0 Å². The second-order valence-electron chi connectivity index (χ2n) is 5.62. The third-order valence-corrected chi connectivity index (χ3v) is 3.83. The van der Waals surface area contributed by atoms with Gasteiger partial charge in [-0.15, -0.1) is 11.8 Å². The normalized spacial score (nSPS) is 16.2. The number of hydrogen-bond donors (Lipinski definition) is 1. The van der Waals surface area contributed by atoms with Crippen LogP contribution in [0.3, 0.4) is 0 Å². The highest BCUT2D eigenvalue weighted by Crippen LogP contribution is 2.34. The van der Waals surface area contributed by atoms with E-state index in [9.17, 15) is 4.39 Å². The predicted octanol–water partition coefficient (Wildman–Crippen LogP) is 3.97. The summed E-state index contributed by atoms with van der Waals surface area (Å²) in [6.07, 6.45) is 2.52. The molecule has 1 saturated carbocycles. The summed E-state index contributed by atoms with van der Waals surface area (Å²) >= 11 is 1.80. The summed E-state index contributed by atoms with van der Waals surface area (Å²) in [5.41, 5.74) is 1.08. The van der Waals surface area contributed by atoms with Gasteiger partial charge in [0, 0.05) is 22.2 Å². The molecule has 0 atom stereocenters. The third-order valence-electron chi connectivity index (χ3n) is 2.60. The van der Waals surface area contributed by atoms with Crippen LogP contribution in [0, 0.1) is 5.82 Å². The highest BCUT2D eigenvalue weighted by Gasteiger charge is 2.21. The van der Waals surface area contributed by atoms with Crippen molar-refractivity contribution in [3.63, 3.8) is 0 Å². The molecule has 0 heterocycles. The minimum atomic E-state index is -0.143. The largest absolute Gasteiger partial charge is 0.310 e. The number of benzene rings is 1. The van der Waals surface area contributed by atoms with Crippen LogP contribution in [0.25, 0.3) is 0 Å². The van der Waals surface area contributed by atoms with Crippen molar-refractivity contribution in [2.24, 2.45) is 0 Å². The Morgan fingerprint density at radius 2 is 2.06 bits per heavy atom. The molecule has 0 amide bonds. The maximum absolute atomic E-state index is 13.3. The first-order valence-corrected chi connectivity index (χ1v) is 6.96. The molecule has 1 fully saturated rings. The van der Waals surface area contributed by atoms with E-state index in [1.807, 2.05) is 6.07 Å². The van der Waals surface area contributed by atoms with Crippen molar-refractivity contribution in [3.05, 3.63) is 29.6 Å². The number of hydrogen-bond acceptors (Lipinski definition) is 2. The summed E-state index contributed by atoms with van der Waals surface area (Å²) in [4.78, 5) is 1.19. The Morgan fingerprint density at radius 3 is 2.65 bits per heavy atom. The maximum atomic E-state index is 13.3. The van der Waals surface area contributed by atoms with E-state index in [-0.39, 0.29) is 10.6 Å². The molecule has 1 nitrogen and oxygen atoms in total. The highest BCUT2D eigenvalue weighted by atomic mass is 32.2. The first kappa shape index (κ1) is 12.9. The number of rotatable bonds is 4. The second-order valence-corrected chi connectivity index (χ2v) is 7.49. The molecule has 1 aliphatic carbocycles. The summed E-state index contributed by atoms with van der Waals surface area (Å²) < 4.78 is 13.4. The zero-order valence-electron chi connectivity index (χ0n) is 10.7. The van der Waals surface area contributed by atoms with E-state index in [0.717, 1.165) is 12.1 Å². The van der Waals surface area contributed by atoms with Crippen LogP contribution in [0.5, 0.6) is 0 Å². The fourth-order valence-electron chi connectivity index (χ4n) is 1.66. The molecule has 0 aliphatic heterocycles. The average Bonchev–Trinajstić information content (AvgIpc) is 3.00. The van der Waals surface area contributed by atoms with Crippen molar-refractivity contribution in [1.82, 2.24) is 5.32 Å². The van der Waals surface area contributed by atoms with Gasteiger partial charge in [-0.05, 0) is 36.6 Å². The van der Waals surface area contributed by atoms with Crippen LogP contribution in [0.1, 0.15) is 39.2 Å². The van der Waals surface area contributed by atoms with Crippen molar-refractivity contribution in [2.45, 2.75) is 55.8 Å². The number of nitrogens with one attached hydrogen (secondary N) is 1. The molecule has 2 rings (SSSR count). The standard InChI is InChI=1S/C14H20FNS/c1-14(2,3)17-13-7-4-11(15)8-10(13)9-16-12-5-6-12/h4,7-8,12,16H,5-6,9H2,1-3H3. The minimum Gasteiger partial charge on any atom is -0.310 e. The van der Waals surface area contributed by atoms with Gasteiger partial charge < -0.3 is 5.32 Å². The first-order chi connectivity index (χ1) is 7.94. The molecule has 0 radical (unpaired) electrons. The predicted molar refractivity (Wildman–Crippen MR) is 71.9 cm³/mol. The first-order valence-electron chi connectivity index (χ1n) is 6.15. The summed E-state index contributed by atoms with van der Waals surface area (Å²) in [5, 5.41) is 3.45. The Hall–Kier alpha value is -0.540. The lowest BCUT2D eigenvalue weighted by Crippen LogP contribution is -2.17. The van der Waals surface area contributed by atoms with Gasteiger partial charge in [-0.25, -0.2) is 4.39 Å². The van der Waals surface area contributed by atoms with E-state index in [0.29, 0.717) is 6.04 Å². The van der Waals surface area contributed by atoms with Crippen LogP contribution in [0.4, 0.5) is 4.39 Å². The summed E-state index contributed by atoms with van der Waals surface area (Å²) in [6.45, 7) is 7.32. The van der Waals surface area contributed by atoms with Crippen LogP contribution in [0.2, 0.25) is 0 Å². The molecule has 3 heteroatoms. The molecule has 1 N–H and O–H groups in total. The van der Waals surface area contributed by atoms with Gasteiger partial charge in [0.15, 0.2) is 0 Å². The van der Waals surface area contributed by atoms with Crippen LogP contribution < -0.4 is 5.32 Å². The van der Waals surface area contributed by atoms with Gasteiger partial charge in [0.25, 0.3) is 0 Å². The van der Waals surface area contributed by atoms with E-state index in [4.69, 9.17) is 0 Å². The fraction of sp³-hybridized carbons (Fsp3) is 0.571. The third kappa shape index (κ3) is 4.32. The van der Waals surface area contributed by atoms with Crippen molar-refractivity contribution < 1.29 is 4.39 Å². The van der Waals surface area contributed by atoms with E-state index in [2.05, 4.69) is 26.1 Å². The van der Waals surface area contributed by atoms with Gasteiger partial charge in [-0.3, -0.25) is 0 Å². The van der Waals surface area contributed by atoms with E-state index in [1.54, 1.807) is 23.9 Å². The zero-order valence-corrected chi connectivity index (χ0v) is 11.5. The summed E-state index contributed by atoms with van der Waals surface area (Å²) in [6, 6.07) is 5.76. The van der Waals surface area contributed by atoms with Gasteiger partial charge >= 0.3 is 0 Å².